The molecule has 0 heterocycles. The number of anilines is 2. The van der Waals surface area contributed by atoms with Crippen molar-refractivity contribution in [2.45, 2.75) is 31.3 Å². The molecule has 1 amide bonds. The number of benzene rings is 3. The predicted octanol–water partition coefficient (Wildman–Crippen LogP) is 4.79. The molecule has 9 heteroatoms. The number of carbonyl (C=O) groups excluding carboxylic acids is 1. The second-order valence-electron chi connectivity index (χ2n) is 8.11. The summed E-state index contributed by atoms with van der Waals surface area (Å²) in [6.07, 6.45) is 0. The molecule has 7 nitrogen and oxygen atoms in total. The number of para-hydroxylation sites is 2. The lowest BCUT2D eigenvalue weighted by Gasteiger charge is -2.23. The third-order valence-corrected chi connectivity index (χ3v) is 5.82. The maximum absolute atomic E-state index is 12.7. The van der Waals surface area contributed by atoms with Crippen LogP contribution in [0.1, 0.15) is 31.1 Å². The fourth-order valence-corrected chi connectivity index (χ4v) is 4.11. The fourth-order valence-electron chi connectivity index (χ4n) is 2.84. The Morgan fingerprint density at radius 3 is 2.09 bits per heavy atom. The van der Waals surface area contributed by atoms with Gasteiger partial charge in [0.25, 0.3) is 15.9 Å². The fraction of sp³-hybridized carbons (Fsp3) is 0.167. The van der Waals surface area contributed by atoms with Gasteiger partial charge in [0.1, 0.15) is 11.4 Å². The number of thiocarbonyl (C=S) groups is 1. The number of carbonyl (C=O) groups is 1. The van der Waals surface area contributed by atoms with Crippen LogP contribution < -0.4 is 20.1 Å². The van der Waals surface area contributed by atoms with Gasteiger partial charge < -0.3 is 10.1 Å². The molecule has 0 aliphatic heterocycles. The van der Waals surface area contributed by atoms with Gasteiger partial charge in [0.05, 0.1) is 10.5 Å². The lowest BCUT2D eigenvalue weighted by molar-refractivity contribution is 0.0956. The van der Waals surface area contributed by atoms with Gasteiger partial charge in [0.15, 0.2) is 5.11 Å². The van der Waals surface area contributed by atoms with Crippen molar-refractivity contribution in [1.29, 1.82) is 0 Å². The first kappa shape index (κ1) is 24.2. The maximum atomic E-state index is 12.7. The van der Waals surface area contributed by atoms with E-state index in [1.54, 1.807) is 66.7 Å². The first-order chi connectivity index (χ1) is 15.5. The van der Waals surface area contributed by atoms with E-state index >= 15 is 0 Å². The highest BCUT2D eigenvalue weighted by atomic mass is 32.2. The summed E-state index contributed by atoms with van der Waals surface area (Å²) in [5.41, 5.74) is 0.884. The molecule has 33 heavy (non-hydrogen) atoms. The van der Waals surface area contributed by atoms with Crippen molar-refractivity contribution in [2.24, 2.45) is 0 Å². The summed E-state index contributed by atoms with van der Waals surface area (Å²) in [6, 6.07) is 21.5. The number of ether oxygens (including phenoxy) is 1. The standard InChI is InChI=1S/C24H25N3O4S2/c1-24(2,3)31-21-12-8-7-11-20(21)22(28)26-23(32)25-17-13-15-19(16-14-17)33(29,30)27-18-9-5-4-6-10-18/h4-16,27H,1-3H3,(H2,25,26,28,32). The molecule has 0 bridgehead atoms. The first-order valence-corrected chi connectivity index (χ1v) is 12.0. The van der Waals surface area contributed by atoms with Gasteiger partial charge in [-0.05, 0) is 81.5 Å². The van der Waals surface area contributed by atoms with Crippen LogP contribution in [0.15, 0.2) is 83.8 Å². The van der Waals surface area contributed by atoms with Crippen LogP contribution in [0.3, 0.4) is 0 Å². The predicted molar refractivity (Wildman–Crippen MR) is 134 cm³/mol. The molecule has 0 unspecified atom stereocenters. The number of nitrogens with one attached hydrogen (secondary N) is 3. The topological polar surface area (TPSA) is 96.5 Å². The zero-order chi connectivity index (χ0) is 24.1. The molecular formula is C24H25N3O4S2. The highest BCUT2D eigenvalue weighted by Crippen LogP contribution is 2.23. The minimum Gasteiger partial charge on any atom is -0.487 e. The number of rotatable bonds is 6. The molecule has 3 aromatic carbocycles. The molecule has 0 aliphatic carbocycles. The molecule has 0 atom stereocenters. The van der Waals surface area contributed by atoms with Crippen LogP contribution in [-0.2, 0) is 10.0 Å². The van der Waals surface area contributed by atoms with Crippen molar-refractivity contribution in [1.82, 2.24) is 5.32 Å². The van der Waals surface area contributed by atoms with Crippen LogP contribution in [0, 0.1) is 0 Å². The second-order valence-corrected chi connectivity index (χ2v) is 10.2. The Kier molecular flexibility index (Phi) is 7.35. The van der Waals surface area contributed by atoms with E-state index in [1.807, 2.05) is 20.8 Å². The Morgan fingerprint density at radius 2 is 1.45 bits per heavy atom. The van der Waals surface area contributed by atoms with Crippen LogP contribution in [0.5, 0.6) is 5.75 Å². The van der Waals surface area contributed by atoms with Crippen molar-refractivity contribution in [3.63, 3.8) is 0 Å². The lowest BCUT2D eigenvalue weighted by Crippen LogP contribution is -2.35. The van der Waals surface area contributed by atoms with Gasteiger partial charge in [-0.15, -0.1) is 0 Å². The van der Waals surface area contributed by atoms with E-state index in [1.165, 1.54) is 12.1 Å². The molecule has 0 aliphatic rings. The van der Waals surface area contributed by atoms with Crippen LogP contribution in [0.4, 0.5) is 11.4 Å². The molecule has 0 radical (unpaired) electrons. The highest BCUT2D eigenvalue weighted by molar-refractivity contribution is 7.92. The summed E-state index contributed by atoms with van der Waals surface area (Å²) in [5, 5.41) is 5.57. The SMILES string of the molecule is CC(C)(C)Oc1ccccc1C(=O)NC(=S)Nc1ccc(S(=O)(=O)Nc2ccccc2)cc1. The van der Waals surface area contributed by atoms with E-state index in [0.29, 0.717) is 22.7 Å². The van der Waals surface area contributed by atoms with Crippen LogP contribution in [-0.4, -0.2) is 25.0 Å². The third kappa shape index (κ3) is 7.03. The third-order valence-electron chi connectivity index (χ3n) is 4.22. The molecule has 0 aromatic heterocycles. The van der Waals surface area contributed by atoms with E-state index < -0.39 is 21.5 Å². The molecule has 0 saturated heterocycles. The summed E-state index contributed by atoms with van der Waals surface area (Å²) in [5.74, 6) is 0.0318. The van der Waals surface area contributed by atoms with E-state index in [2.05, 4.69) is 15.4 Å². The minimum atomic E-state index is -3.73. The zero-order valence-electron chi connectivity index (χ0n) is 18.5. The van der Waals surface area contributed by atoms with Crippen molar-refractivity contribution in [3.05, 3.63) is 84.4 Å². The van der Waals surface area contributed by atoms with Crippen molar-refractivity contribution >= 4 is 44.6 Å². The molecule has 0 fully saturated rings. The number of amides is 1. The highest BCUT2D eigenvalue weighted by Gasteiger charge is 2.19. The van der Waals surface area contributed by atoms with E-state index in [9.17, 15) is 13.2 Å². The lowest BCUT2D eigenvalue weighted by atomic mass is 10.1. The summed E-state index contributed by atoms with van der Waals surface area (Å²) in [6.45, 7) is 5.69. The molecule has 172 valence electrons. The molecule has 0 saturated carbocycles. The molecule has 0 spiro atoms. The molecule has 3 N–H and O–H groups in total. The average molecular weight is 484 g/mol. The Morgan fingerprint density at radius 1 is 0.848 bits per heavy atom. The van der Waals surface area contributed by atoms with Gasteiger partial charge in [-0.3, -0.25) is 14.8 Å². The van der Waals surface area contributed by atoms with Crippen LogP contribution in [0.25, 0.3) is 0 Å². The van der Waals surface area contributed by atoms with Crippen molar-refractivity contribution < 1.29 is 17.9 Å². The number of sulfonamides is 1. The Balaban J connectivity index is 1.64. The molecule has 3 aromatic rings. The monoisotopic (exact) mass is 483 g/mol. The smallest absolute Gasteiger partial charge is 0.261 e. The van der Waals surface area contributed by atoms with E-state index in [-0.39, 0.29) is 10.0 Å². The van der Waals surface area contributed by atoms with Gasteiger partial charge in [-0.25, -0.2) is 8.42 Å². The first-order valence-electron chi connectivity index (χ1n) is 10.1. The van der Waals surface area contributed by atoms with Gasteiger partial charge >= 0.3 is 0 Å². The zero-order valence-corrected chi connectivity index (χ0v) is 20.1. The second kappa shape index (κ2) is 10.0. The van der Waals surface area contributed by atoms with Crippen molar-refractivity contribution in [3.8, 4) is 5.75 Å². The quantitative estimate of drug-likeness (QED) is 0.436. The summed E-state index contributed by atoms with van der Waals surface area (Å²) >= 11 is 5.24. The van der Waals surface area contributed by atoms with Gasteiger partial charge in [0, 0.05) is 11.4 Å². The minimum absolute atomic E-state index is 0.0728. The van der Waals surface area contributed by atoms with Crippen LogP contribution >= 0.6 is 12.2 Å². The molecular weight excluding hydrogens is 458 g/mol. The average Bonchev–Trinajstić information content (AvgIpc) is 2.73. The van der Waals surface area contributed by atoms with Gasteiger partial charge in [-0.1, -0.05) is 30.3 Å². The van der Waals surface area contributed by atoms with Crippen molar-refractivity contribution in [2.75, 3.05) is 10.0 Å². The Labute approximate surface area is 199 Å². The van der Waals surface area contributed by atoms with Gasteiger partial charge in [-0.2, -0.15) is 0 Å². The summed E-state index contributed by atoms with van der Waals surface area (Å²) in [7, 11) is -3.73. The number of hydrogen-bond donors (Lipinski definition) is 3. The van der Waals surface area contributed by atoms with E-state index in [0.717, 1.165) is 0 Å². The maximum Gasteiger partial charge on any atom is 0.261 e. The Bertz CT molecular complexity index is 1240. The normalized spacial score (nSPS) is 11.4. The number of hydrogen-bond acceptors (Lipinski definition) is 5. The van der Waals surface area contributed by atoms with Crippen LogP contribution in [0.2, 0.25) is 0 Å². The Hall–Kier alpha value is -3.43. The van der Waals surface area contributed by atoms with Gasteiger partial charge in [0.2, 0.25) is 0 Å². The largest absolute Gasteiger partial charge is 0.487 e. The summed E-state index contributed by atoms with van der Waals surface area (Å²) in [4.78, 5) is 12.8. The summed E-state index contributed by atoms with van der Waals surface area (Å²) < 4.78 is 33.5. The van der Waals surface area contributed by atoms with E-state index in [4.69, 9.17) is 17.0 Å². The molecule has 3 rings (SSSR count).